The third-order valence-corrected chi connectivity index (χ3v) is 5.01. The minimum absolute atomic E-state index is 0.147. The van der Waals surface area contributed by atoms with E-state index in [9.17, 15) is 9.90 Å². The van der Waals surface area contributed by atoms with E-state index in [1.807, 2.05) is 60.7 Å². The number of fused-ring (bicyclic) bond motifs is 1. The molecule has 30 heavy (non-hydrogen) atoms. The number of aromatic amines is 1. The SMILES string of the molecule is O=C(Nc1ccc(-c2nc3ccc(NCC(O)CCl)cc3[nH]2)cc1)c1ccccc1. The molecule has 4 aromatic rings. The summed E-state index contributed by atoms with van der Waals surface area (Å²) in [5.41, 5.74) is 4.85. The molecule has 0 saturated carbocycles. The summed E-state index contributed by atoms with van der Waals surface area (Å²) < 4.78 is 0. The normalized spacial score (nSPS) is 11.9. The number of nitrogens with one attached hydrogen (secondary N) is 3. The summed E-state index contributed by atoms with van der Waals surface area (Å²) in [5.74, 6) is 0.779. The number of aliphatic hydroxyl groups is 1. The Bertz CT molecular complexity index is 1140. The second kappa shape index (κ2) is 8.98. The molecule has 1 aromatic heterocycles. The van der Waals surface area contributed by atoms with E-state index in [0.717, 1.165) is 28.1 Å². The van der Waals surface area contributed by atoms with E-state index in [0.29, 0.717) is 17.8 Å². The van der Waals surface area contributed by atoms with Crippen LogP contribution in [0.5, 0.6) is 0 Å². The van der Waals surface area contributed by atoms with Crippen molar-refractivity contribution in [2.45, 2.75) is 6.10 Å². The van der Waals surface area contributed by atoms with Gasteiger partial charge >= 0.3 is 0 Å². The second-order valence-corrected chi connectivity index (χ2v) is 7.21. The van der Waals surface area contributed by atoms with E-state index in [1.54, 1.807) is 12.1 Å². The van der Waals surface area contributed by atoms with Gasteiger partial charge in [-0.2, -0.15) is 0 Å². The number of carbonyl (C=O) groups excluding carboxylic acids is 1. The molecular weight excluding hydrogens is 400 g/mol. The molecule has 1 unspecified atom stereocenters. The van der Waals surface area contributed by atoms with Gasteiger partial charge in [0.2, 0.25) is 0 Å². The zero-order chi connectivity index (χ0) is 20.9. The summed E-state index contributed by atoms with van der Waals surface area (Å²) >= 11 is 5.63. The maximum Gasteiger partial charge on any atom is 0.255 e. The molecule has 0 fully saturated rings. The van der Waals surface area contributed by atoms with E-state index >= 15 is 0 Å². The maximum absolute atomic E-state index is 12.3. The first-order valence-corrected chi connectivity index (χ1v) is 10.1. The first kappa shape index (κ1) is 19.9. The number of halogens is 1. The molecule has 4 rings (SSSR count). The Hall–Kier alpha value is -3.35. The molecule has 1 heterocycles. The predicted molar refractivity (Wildman–Crippen MR) is 121 cm³/mol. The molecule has 3 aromatic carbocycles. The van der Waals surface area contributed by atoms with Crippen molar-refractivity contribution in [3.05, 3.63) is 78.4 Å². The second-order valence-electron chi connectivity index (χ2n) is 6.90. The number of amides is 1. The standard InChI is InChI=1S/C23H21ClN4O2/c24-13-19(29)14-25-18-10-11-20-21(12-18)28-22(27-20)15-6-8-17(9-7-15)26-23(30)16-4-2-1-3-5-16/h1-12,19,25,29H,13-14H2,(H,26,30)(H,27,28). The number of imidazole rings is 1. The summed E-state index contributed by atoms with van der Waals surface area (Å²) in [6, 6.07) is 22.4. The number of benzene rings is 3. The molecule has 4 N–H and O–H groups in total. The lowest BCUT2D eigenvalue weighted by Crippen LogP contribution is -2.20. The van der Waals surface area contributed by atoms with Crippen LogP contribution in [-0.2, 0) is 0 Å². The lowest BCUT2D eigenvalue weighted by Gasteiger charge is -2.09. The van der Waals surface area contributed by atoms with Crippen LogP contribution in [0.4, 0.5) is 11.4 Å². The van der Waals surface area contributed by atoms with Gasteiger partial charge in [-0.05, 0) is 54.6 Å². The quantitative estimate of drug-likeness (QED) is 0.331. The van der Waals surface area contributed by atoms with Crippen molar-refractivity contribution >= 4 is 39.9 Å². The van der Waals surface area contributed by atoms with E-state index < -0.39 is 6.10 Å². The van der Waals surface area contributed by atoms with Gasteiger partial charge in [-0.3, -0.25) is 4.79 Å². The van der Waals surface area contributed by atoms with Crippen molar-refractivity contribution in [1.29, 1.82) is 0 Å². The predicted octanol–water partition coefficient (Wildman–Crippen LogP) is 4.49. The molecule has 0 bridgehead atoms. The van der Waals surface area contributed by atoms with E-state index in [4.69, 9.17) is 11.6 Å². The van der Waals surface area contributed by atoms with Crippen LogP contribution in [0.15, 0.2) is 72.8 Å². The molecule has 0 spiro atoms. The van der Waals surface area contributed by atoms with Crippen molar-refractivity contribution in [2.75, 3.05) is 23.1 Å². The van der Waals surface area contributed by atoms with Gasteiger partial charge in [-0.1, -0.05) is 18.2 Å². The van der Waals surface area contributed by atoms with Crippen molar-refractivity contribution < 1.29 is 9.90 Å². The minimum atomic E-state index is -0.597. The lowest BCUT2D eigenvalue weighted by atomic mass is 10.1. The lowest BCUT2D eigenvalue weighted by molar-refractivity contribution is 0.102. The highest BCUT2D eigenvalue weighted by molar-refractivity contribution is 6.18. The molecule has 0 radical (unpaired) electrons. The summed E-state index contributed by atoms with van der Waals surface area (Å²) in [4.78, 5) is 20.2. The first-order chi connectivity index (χ1) is 14.6. The molecule has 1 atom stereocenters. The van der Waals surface area contributed by atoms with Crippen molar-refractivity contribution in [2.24, 2.45) is 0 Å². The van der Waals surface area contributed by atoms with E-state index in [2.05, 4.69) is 20.6 Å². The molecule has 7 heteroatoms. The number of carbonyl (C=O) groups is 1. The largest absolute Gasteiger partial charge is 0.390 e. The number of nitrogens with zero attached hydrogens (tertiary/aromatic N) is 1. The summed E-state index contributed by atoms with van der Waals surface area (Å²) in [6.45, 7) is 0.381. The first-order valence-electron chi connectivity index (χ1n) is 9.57. The number of aliphatic hydroxyl groups excluding tert-OH is 1. The highest BCUT2D eigenvalue weighted by Gasteiger charge is 2.09. The van der Waals surface area contributed by atoms with Crippen LogP contribution in [0.3, 0.4) is 0 Å². The Morgan fingerprint density at radius 3 is 2.50 bits per heavy atom. The Balaban J connectivity index is 1.47. The highest BCUT2D eigenvalue weighted by Crippen LogP contribution is 2.24. The summed E-state index contributed by atoms with van der Waals surface area (Å²) in [7, 11) is 0. The Kier molecular flexibility index (Phi) is 5.97. The summed E-state index contributed by atoms with van der Waals surface area (Å²) in [5, 5.41) is 15.6. The minimum Gasteiger partial charge on any atom is -0.390 e. The van der Waals surface area contributed by atoms with E-state index in [-0.39, 0.29) is 11.8 Å². The monoisotopic (exact) mass is 420 g/mol. The zero-order valence-electron chi connectivity index (χ0n) is 16.1. The van der Waals surface area contributed by atoms with Gasteiger partial charge in [-0.25, -0.2) is 4.98 Å². The van der Waals surface area contributed by atoms with Gasteiger partial charge in [0.15, 0.2) is 0 Å². The van der Waals surface area contributed by atoms with Gasteiger partial charge in [0.25, 0.3) is 5.91 Å². The molecule has 0 aliphatic carbocycles. The molecular formula is C23H21ClN4O2. The van der Waals surface area contributed by atoms with Crippen LogP contribution in [0.2, 0.25) is 0 Å². The number of alkyl halides is 1. The van der Waals surface area contributed by atoms with Crippen molar-refractivity contribution in [3.8, 4) is 11.4 Å². The van der Waals surface area contributed by atoms with Crippen LogP contribution in [-0.4, -0.2) is 39.5 Å². The average molecular weight is 421 g/mol. The molecule has 1 amide bonds. The average Bonchev–Trinajstić information content (AvgIpc) is 3.22. The number of hydrogen-bond donors (Lipinski definition) is 4. The fourth-order valence-electron chi connectivity index (χ4n) is 3.05. The molecule has 6 nitrogen and oxygen atoms in total. The third-order valence-electron chi connectivity index (χ3n) is 4.65. The van der Waals surface area contributed by atoms with Gasteiger partial charge in [-0.15, -0.1) is 11.6 Å². The molecule has 0 aliphatic rings. The van der Waals surface area contributed by atoms with Gasteiger partial charge < -0.3 is 20.7 Å². The summed E-state index contributed by atoms with van der Waals surface area (Å²) in [6.07, 6.45) is -0.597. The number of hydrogen-bond acceptors (Lipinski definition) is 4. The molecule has 152 valence electrons. The zero-order valence-corrected chi connectivity index (χ0v) is 16.9. The number of aromatic nitrogens is 2. The number of H-pyrrole nitrogens is 1. The Morgan fingerprint density at radius 2 is 1.77 bits per heavy atom. The fraction of sp³-hybridized carbons (Fsp3) is 0.130. The van der Waals surface area contributed by atoms with Gasteiger partial charge in [0, 0.05) is 29.0 Å². The number of anilines is 2. The highest BCUT2D eigenvalue weighted by atomic mass is 35.5. The topological polar surface area (TPSA) is 90.0 Å². The molecule has 0 saturated heterocycles. The van der Waals surface area contributed by atoms with E-state index in [1.165, 1.54) is 0 Å². The maximum atomic E-state index is 12.3. The van der Waals surface area contributed by atoms with Crippen molar-refractivity contribution in [1.82, 2.24) is 9.97 Å². The van der Waals surface area contributed by atoms with Crippen molar-refractivity contribution in [3.63, 3.8) is 0 Å². The third kappa shape index (κ3) is 4.62. The van der Waals surface area contributed by atoms with Gasteiger partial charge in [0.1, 0.15) is 5.82 Å². The smallest absolute Gasteiger partial charge is 0.255 e. The number of rotatable bonds is 7. The van der Waals surface area contributed by atoms with Crippen LogP contribution in [0.25, 0.3) is 22.4 Å². The van der Waals surface area contributed by atoms with Crippen LogP contribution < -0.4 is 10.6 Å². The van der Waals surface area contributed by atoms with Crippen LogP contribution >= 0.6 is 11.6 Å². The molecule has 0 aliphatic heterocycles. The Labute approximate surface area is 178 Å². The van der Waals surface area contributed by atoms with Gasteiger partial charge in [0.05, 0.1) is 23.0 Å². The fourth-order valence-corrected chi connectivity index (χ4v) is 3.16. The van der Waals surface area contributed by atoms with Crippen LogP contribution in [0.1, 0.15) is 10.4 Å². The Morgan fingerprint density at radius 1 is 1.03 bits per heavy atom. The van der Waals surface area contributed by atoms with Crippen LogP contribution in [0, 0.1) is 0 Å².